The van der Waals surface area contributed by atoms with Crippen LogP contribution < -0.4 is 15.0 Å². The van der Waals surface area contributed by atoms with E-state index >= 15 is 0 Å². The van der Waals surface area contributed by atoms with E-state index in [1.54, 1.807) is 43.1 Å². The Morgan fingerprint density at radius 1 is 1.00 bits per heavy atom. The van der Waals surface area contributed by atoms with E-state index < -0.39 is 0 Å². The summed E-state index contributed by atoms with van der Waals surface area (Å²) in [6.07, 6.45) is 0. The summed E-state index contributed by atoms with van der Waals surface area (Å²) in [5.41, 5.74) is 2.10. The van der Waals surface area contributed by atoms with Gasteiger partial charge in [-0.1, -0.05) is 47.6 Å². The number of hydrogen-bond acceptors (Lipinski definition) is 5. The van der Waals surface area contributed by atoms with E-state index in [1.165, 1.54) is 11.8 Å². The lowest BCUT2D eigenvalue weighted by Gasteiger charge is -2.16. The monoisotopic (exact) mass is 438 g/mol. The zero-order chi connectivity index (χ0) is 21.1. The van der Waals surface area contributed by atoms with Gasteiger partial charge in [-0.25, -0.2) is 4.98 Å². The molecule has 0 radical (unpaired) electrons. The zero-order valence-corrected chi connectivity index (χ0v) is 18.0. The van der Waals surface area contributed by atoms with Gasteiger partial charge < -0.3 is 9.47 Å². The number of nitrogens with zero attached hydrogens (tertiary/aromatic N) is 2. The highest BCUT2D eigenvalue weighted by Crippen LogP contribution is 2.31. The van der Waals surface area contributed by atoms with Crippen LogP contribution in [0.4, 0.5) is 0 Å². The molecule has 1 aromatic heterocycles. The van der Waals surface area contributed by atoms with Gasteiger partial charge >= 0.3 is 0 Å². The van der Waals surface area contributed by atoms with E-state index in [-0.39, 0.29) is 5.56 Å². The van der Waals surface area contributed by atoms with Crippen molar-refractivity contribution in [3.05, 3.63) is 87.7 Å². The van der Waals surface area contributed by atoms with Crippen molar-refractivity contribution in [2.45, 2.75) is 10.9 Å². The van der Waals surface area contributed by atoms with E-state index in [2.05, 4.69) is 0 Å². The number of aromatic nitrogens is 2. The van der Waals surface area contributed by atoms with Crippen molar-refractivity contribution in [3.8, 4) is 17.2 Å². The van der Waals surface area contributed by atoms with Crippen LogP contribution in [0, 0.1) is 0 Å². The van der Waals surface area contributed by atoms with Gasteiger partial charge in [0.2, 0.25) is 0 Å². The van der Waals surface area contributed by atoms with Crippen LogP contribution in [0.3, 0.4) is 0 Å². The minimum atomic E-state index is -0.166. The molecule has 5 nitrogen and oxygen atoms in total. The topological polar surface area (TPSA) is 53.4 Å². The number of ether oxygens (including phenoxy) is 2. The first kappa shape index (κ1) is 20.3. The van der Waals surface area contributed by atoms with Gasteiger partial charge in [-0.15, -0.1) is 0 Å². The third-order valence-corrected chi connectivity index (χ3v) is 5.87. The molecule has 0 aliphatic carbocycles. The molecule has 0 N–H and O–H groups in total. The Hall–Kier alpha value is -2.96. The summed E-state index contributed by atoms with van der Waals surface area (Å²) in [5, 5.41) is 1.77. The average molecular weight is 439 g/mol. The lowest BCUT2D eigenvalue weighted by molar-refractivity contribution is 0.400. The van der Waals surface area contributed by atoms with Crippen LogP contribution in [-0.4, -0.2) is 23.8 Å². The first-order chi connectivity index (χ1) is 14.6. The third kappa shape index (κ3) is 4.01. The number of halogens is 1. The van der Waals surface area contributed by atoms with Crippen molar-refractivity contribution >= 4 is 34.3 Å². The maximum Gasteiger partial charge on any atom is 0.266 e. The van der Waals surface area contributed by atoms with Gasteiger partial charge in [-0.2, -0.15) is 0 Å². The standard InChI is InChI=1S/C23H19ClN2O3S/c1-28-17-10-11-21(29-2)20(13-17)26-22(27)18-8-3-4-9-19(18)25-23(26)30-14-15-6-5-7-16(24)12-15/h3-13H,14H2,1-2H3. The molecule has 0 saturated heterocycles. The first-order valence-corrected chi connectivity index (χ1v) is 10.6. The van der Waals surface area contributed by atoms with Crippen LogP contribution >= 0.6 is 23.4 Å². The summed E-state index contributed by atoms with van der Waals surface area (Å²) >= 11 is 7.58. The Kier molecular flexibility index (Phi) is 5.97. The van der Waals surface area contributed by atoms with Gasteiger partial charge in [-0.3, -0.25) is 9.36 Å². The van der Waals surface area contributed by atoms with E-state index in [0.29, 0.717) is 44.0 Å². The van der Waals surface area contributed by atoms with E-state index in [1.807, 2.05) is 42.5 Å². The minimum absolute atomic E-state index is 0.166. The second-order valence-electron chi connectivity index (χ2n) is 6.51. The van der Waals surface area contributed by atoms with Crippen molar-refractivity contribution in [1.82, 2.24) is 9.55 Å². The van der Waals surface area contributed by atoms with Crippen molar-refractivity contribution in [1.29, 1.82) is 0 Å². The number of para-hydroxylation sites is 1. The molecule has 3 aromatic carbocycles. The van der Waals surface area contributed by atoms with E-state index in [9.17, 15) is 4.79 Å². The maximum absolute atomic E-state index is 13.5. The summed E-state index contributed by atoms with van der Waals surface area (Å²) in [6, 6.07) is 20.3. The van der Waals surface area contributed by atoms with Gasteiger partial charge in [0.25, 0.3) is 5.56 Å². The van der Waals surface area contributed by atoms with Crippen LogP contribution in [-0.2, 0) is 5.75 Å². The van der Waals surface area contributed by atoms with Crippen molar-refractivity contribution in [2.24, 2.45) is 0 Å². The molecule has 0 bridgehead atoms. The van der Waals surface area contributed by atoms with E-state index in [0.717, 1.165) is 5.56 Å². The summed E-state index contributed by atoms with van der Waals surface area (Å²) in [5.74, 6) is 1.79. The Morgan fingerprint density at radius 3 is 2.60 bits per heavy atom. The number of fused-ring (bicyclic) bond motifs is 1. The third-order valence-electron chi connectivity index (χ3n) is 4.63. The molecule has 0 fully saturated rings. The molecule has 7 heteroatoms. The number of methoxy groups -OCH3 is 2. The molecular weight excluding hydrogens is 420 g/mol. The molecule has 0 saturated carbocycles. The molecule has 0 atom stereocenters. The van der Waals surface area contributed by atoms with Crippen molar-refractivity contribution < 1.29 is 9.47 Å². The van der Waals surface area contributed by atoms with E-state index in [4.69, 9.17) is 26.1 Å². The minimum Gasteiger partial charge on any atom is -0.497 e. The molecule has 0 aliphatic rings. The largest absolute Gasteiger partial charge is 0.497 e. The number of rotatable bonds is 6. The number of hydrogen-bond donors (Lipinski definition) is 0. The van der Waals surface area contributed by atoms with Crippen LogP contribution in [0.2, 0.25) is 5.02 Å². The average Bonchev–Trinajstić information content (AvgIpc) is 2.77. The lowest BCUT2D eigenvalue weighted by atomic mass is 10.2. The van der Waals surface area contributed by atoms with Crippen molar-refractivity contribution in [3.63, 3.8) is 0 Å². The Bertz CT molecular complexity index is 1270. The highest BCUT2D eigenvalue weighted by molar-refractivity contribution is 7.98. The molecule has 0 spiro atoms. The van der Waals surface area contributed by atoms with Crippen LogP contribution in [0.25, 0.3) is 16.6 Å². The maximum atomic E-state index is 13.5. The summed E-state index contributed by atoms with van der Waals surface area (Å²) in [6.45, 7) is 0. The lowest BCUT2D eigenvalue weighted by Crippen LogP contribution is -2.22. The molecule has 30 heavy (non-hydrogen) atoms. The Morgan fingerprint density at radius 2 is 1.83 bits per heavy atom. The Labute approximate surface area is 183 Å². The molecule has 4 rings (SSSR count). The highest BCUT2D eigenvalue weighted by Gasteiger charge is 2.17. The fraction of sp³-hybridized carbons (Fsp3) is 0.130. The molecule has 0 aliphatic heterocycles. The van der Waals surface area contributed by atoms with Gasteiger partial charge in [0, 0.05) is 16.8 Å². The second kappa shape index (κ2) is 8.81. The fourth-order valence-electron chi connectivity index (χ4n) is 3.17. The summed E-state index contributed by atoms with van der Waals surface area (Å²) in [7, 11) is 3.16. The van der Waals surface area contributed by atoms with Gasteiger partial charge in [0.15, 0.2) is 5.16 Å². The normalized spacial score (nSPS) is 10.9. The highest BCUT2D eigenvalue weighted by atomic mass is 35.5. The summed E-state index contributed by atoms with van der Waals surface area (Å²) < 4.78 is 12.5. The molecule has 1 heterocycles. The molecule has 0 unspecified atom stereocenters. The molecule has 152 valence electrons. The zero-order valence-electron chi connectivity index (χ0n) is 16.5. The van der Waals surface area contributed by atoms with Gasteiger partial charge in [0.1, 0.15) is 11.5 Å². The molecule has 0 amide bonds. The molecule has 4 aromatic rings. The smallest absolute Gasteiger partial charge is 0.266 e. The number of benzene rings is 3. The summed E-state index contributed by atoms with van der Waals surface area (Å²) in [4.78, 5) is 18.3. The second-order valence-corrected chi connectivity index (χ2v) is 7.89. The Balaban J connectivity index is 1.90. The van der Waals surface area contributed by atoms with Crippen LogP contribution in [0.15, 0.2) is 76.7 Å². The predicted octanol–water partition coefficient (Wildman–Crippen LogP) is 5.35. The van der Waals surface area contributed by atoms with Crippen LogP contribution in [0.5, 0.6) is 11.5 Å². The number of thioether (sulfide) groups is 1. The van der Waals surface area contributed by atoms with Gasteiger partial charge in [-0.05, 0) is 42.0 Å². The first-order valence-electron chi connectivity index (χ1n) is 9.22. The fourth-order valence-corrected chi connectivity index (χ4v) is 4.33. The SMILES string of the molecule is COc1ccc(OC)c(-n2c(SCc3cccc(Cl)c3)nc3ccccc3c2=O)c1. The van der Waals surface area contributed by atoms with Crippen LogP contribution in [0.1, 0.15) is 5.56 Å². The quantitative estimate of drug-likeness (QED) is 0.300. The predicted molar refractivity (Wildman–Crippen MR) is 121 cm³/mol. The van der Waals surface area contributed by atoms with Gasteiger partial charge in [0.05, 0.1) is 30.8 Å². The molecular formula is C23H19ClN2O3S. The van der Waals surface area contributed by atoms with Crippen molar-refractivity contribution in [2.75, 3.05) is 14.2 Å².